The van der Waals surface area contributed by atoms with Gasteiger partial charge in [-0.3, -0.25) is 4.99 Å². The first-order chi connectivity index (χ1) is 7.77. The number of thioether (sulfide) groups is 2. The summed E-state index contributed by atoms with van der Waals surface area (Å²) in [6, 6.07) is 0. The fourth-order valence-corrected chi connectivity index (χ4v) is 2.48. The van der Waals surface area contributed by atoms with Gasteiger partial charge in [-0.2, -0.15) is 11.8 Å². The van der Waals surface area contributed by atoms with Crippen molar-refractivity contribution >= 4 is 28.7 Å². The first kappa shape index (κ1) is 13.4. The van der Waals surface area contributed by atoms with Crippen LogP contribution in [0.5, 0.6) is 0 Å². The number of aromatic nitrogens is 2. The van der Waals surface area contributed by atoms with E-state index in [0.717, 1.165) is 28.9 Å². The topological polar surface area (TPSA) is 53.1 Å². The Balaban J connectivity index is 2.11. The zero-order valence-corrected chi connectivity index (χ0v) is 11.5. The second-order valence-corrected chi connectivity index (χ2v) is 5.09. The summed E-state index contributed by atoms with van der Waals surface area (Å²) in [7, 11) is 1.80. The fourth-order valence-electron chi connectivity index (χ4n) is 1.17. The maximum atomic E-state index is 4.26. The Kier molecular flexibility index (Phi) is 6.40. The molecule has 0 aliphatic heterocycles. The van der Waals surface area contributed by atoms with Gasteiger partial charge < -0.3 is 10.3 Å². The molecule has 0 spiro atoms. The van der Waals surface area contributed by atoms with Crippen LogP contribution in [0.25, 0.3) is 0 Å². The van der Waals surface area contributed by atoms with Crippen molar-refractivity contribution in [3.8, 4) is 0 Å². The van der Waals surface area contributed by atoms with Crippen molar-refractivity contribution in [3.05, 3.63) is 17.7 Å². The third kappa shape index (κ3) is 4.49. The number of aryl methyl sites for hydroxylation is 1. The molecule has 0 aromatic carbocycles. The number of H-pyrrole nitrogens is 1. The molecular formula is C10H18N4S2. The molecule has 6 heteroatoms. The summed E-state index contributed by atoms with van der Waals surface area (Å²) in [5.41, 5.74) is 2.32. The van der Waals surface area contributed by atoms with Gasteiger partial charge in [0.15, 0.2) is 5.17 Å². The van der Waals surface area contributed by atoms with E-state index in [0.29, 0.717) is 0 Å². The van der Waals surface area contributed by atoms with Crippen molar-refractivity contribution in [2.24, 2.45) is 4.99 Å². The molecule has 0 amide bonds. The molecule has 0 bridgehead atoms. The molecule has 0 saturated heterocycles. The van der Waals surface area contributed by atoms with Gasteiger partial charge in [0.05, 0.1) is 12.0 Å². The molecule has 1 heterocycles. The third-order valence-electron chi connectivity index (χ3n) is 2.09. The van der Waals surface area contributed by atoms with Crippen LogP contribution in [0.1, 0.15) is 11.4 Å². The van der Waals surface area contributed by atoms with Crippen LogP contribution in [0.4, 0.5) is 0 Å². The van der Waals surface area contributed by atoms with Gasteiger partial charge in [0.25, 0.3) is 0 Å². The first-order valence-corrected chi connectivity index (χ1v) is 7.47. The lowest BCUT2D eigenvalue weighted by molar-refractivity contribution is 0.987. The molecule has 0 atom stereocenters. The van der Waals surface area contributed by atoms with Crippen molar-refractivity contribution in [3.63, 3.8) is 0 Å². The van der Waals surface area contributed by atoms with E-state index in [1.165, 1.54) is 5.69 Å². The smallest absolute Gasteiger partial charge is 0.156 e. The number of aromatic amines is 1. The Morgan fingerprint density at radius 3 is 3.00 bits per heavy atom. The average molecular weight is 258 g/mol. The Morgan fingerprint density at radius 1 is 1.62 bits per heavy atom. The lowest BCUT2D eigenvalue weighted by Crippen LogP contribution is -2.22. The fraction of sp³-hybridized carbons (Fsp3) is 0.600. The van der Waals surface area contributed by atoms with Gasteiger partial charge >= 0.3 is 0 Å². The standard InChI is InChI=1S/C10H18N4S2/c1-8-9(14-7-13-8)6-16-5-4-12-10(11-2)15-3/h7H,4-6H2,1-3H3,(H,11,12)(H,13,14). The molecule has 0 radical (unpaired) electrons. The van der Waals surface area contributed by atoms with Gasteiger partial charge in [-0.1, -0.05) is 11.8 Å². The van der Waals surface area contributed by atoms with Crippen LogP contribution >= 0.6 is 23.5 Å². The lowest BCUT2D eigenvalue weighted by Gasteiger charge is -2.05. The highest BCUT2D eigenvalue weighted by Crippen LogP contribution is 2.11. The zero-order chi connectivity index (χ0) is 11.8. The predicted octanol–water partition coefficient (Wildman–Crippen LogP) is 1.89. The second kappa shape index (κ2) is 7.62. The number of imidazole rings is 1. The highest BCUT2D eigenvalue weighted by Gasteiger charge is 2.00. The average Bonchev–Trinajstić information content (AvgIpc) is 2.70. The van der Waals surface area contributed by atoms with Gasteiger partial charge in [0.2, 0.25) is 0 Å². The molecule has 1 aromatic rings. The van der Waals surface area contributed by atoms with Crippen molar-refractivity contribution in [2.45, 2.75) is 12.7 Å². The molecule has 16 heavy (non-hydrogen) atoms. The normalized spacial score (nSPS) is 11.8. The second-order valence-electron chi connectivity index (χ2n) is 3.19. The molecule has 0 aliphatic carbocycles. The van der Waals surface area contributed by atoms with Crippen LogP contribution in [0.2, 0.25) is 0 Å². The Morgan fingerprint density at radius 2 is 2.44 bits per heavy atom. The number of rotatable bonds is 5. The Hall–Kier alpha value is -0.620. The monoisotopic (exact) mass is 258 g/mol. The molecule has 0 fully saturated rings. The van der Waals surface area contributed by atoms with Crippen molar-refractivity contribution in [1.29, 1.82) is 0 Å². The van der Waals surface area contributed by atoms with Crippen LogP contribution in [0.3, 0.4) is 0 Å². The molecule has 4 nitrogen and oxygen atoms in total. The molecule has 0 saturated carbocycles. The van der Waals surface area contributed by atoms with Gasteiger partial charge in [-0.25, -0.2) is 4.98 Å². The molecule has 2 N–H and O–H groups in total. The molecule has 0 aliphatic rings. The summed E-state index contributed by atoms with van der Waals surface area (Å²) in [5, 5.41) is 4.27. The predicted molar refractivity (Wildman–Crippen MR) is 74.4 cm³/mol. The highest BCUT2D eigenvalue weighted by atomic mass is 32.2. The Labute approximate surface area is 105 Å². The summed E-state index contributed by atoms with van der Waals surface area (Å²) in [6.45, 7) is 3.00. The molecule has 90 valence electrons. The first-order valence-electron chi connectivity index (χ1n) is 5.09. The van der Waals surface area contributed by atoms with Gasteiger partial charge in [0.1, 0.15) is 0 Å². The highest BCUT2D eigenvalue weighted by molar-refractivity contribution is 8.13. The molecule has 1 rings (SSSR count). The van der Waals surface area contributed by atoms with Crippen molar-refractivity contribution in [1.82, 2.24) is 15.3 Å². The molecule has 0 unspecified atom stereocenters. The van der Waals surface area contributed by atoms with Crippen LogP contribution in [-0.2, 0) is 5.75 Å². The number of nitrogens with zero attached hydrogens (tertiary/aromatic N) is 2. The summed E-state index contributed by atoms with van der Waals surface area (Å²) >= 11 is 3.52. The minimum absolute atomic E-state index is 0.946. The number of amidine groups is 1. The maximum absolute atomic E-state index is 4.26. The zero-order valence-electron chi connectivity index (χ0n) is 9.91. The minimum Gasteiger partial charge on any atom is -0.364 e. The van der Waals surface area contributed by atoms with E-state index in [2.05, 4.69) is 27.2 Å². The van der Waals surface area contributed by atoms with Gasteiger partial charge in [-0.05, 0) is 13.2 Å². The van der Waals surface area contributed by atoms with Crippen LogP contribution in [0.15, 0.2) is 11.3 Å². The van der Waals surface area contributed by atoms with Gasteiger partial charge in [-0.15, -0.1) is 0 Å². The SMILES string of the molecule is CN=C(NCCSCc1nc[nH]c1C)SC. The van der Waals surface area contributed by atoms with E-state index in [4.69, 9.17) is 0 Å². The number of aliphatic imine (C=N–C) groups is 1. The van der Waals surface area contributed by atoms with Crippen LogP contribution in [-0.4, -0.2) is 40.7 Å². The van der Waals surface area contributed by atoms with E-state index in [9.17, 15) is 0 Å². The number of hydrogen-bond acceptors (Lipinski definition) is 4. The van der Waals surface area contributed by atoms with Gasteiger partial charge in [0, 0.05) is 30.8 Å². The van der Waals surface area contributed by atoms with E-state index >= 15 is 0 Å². The maximum Gasteiger partial charge on any atom is 0.156 e. The van der Waals surface area contributed by atoms with E-state index in [-0.39, 0.29) is 0 Å². The summed E-state index contributed by atoms with van der Waals surface area (Å²) in [4.78, 5) is 11.4. The number of nitrogens with one attached hydrogen (secondary N) is 2. The summed E-state index contributed by atoms with van der Waals surface area (Å²) in [6.07, 6.45) is 3.77. The molecule has 1 aromatic heterocycles. The number of hydrogen-bond donors (Lipinski definition) is 2. The van der Waals surface area contributed by atoms with Crippen molar-refractivity contribution < 1.29 is 0 Å². The largest absolute Gasteiger partial charge is 0.364 e. The van der Waals surface area contributed by atoms with Crippen molar-refractivity contribution in [2.75, 3.05) is 25.6 Å². The van der Waals surface area contributed by atoms with E-state index in [1.807, 2.05) is 18.0 Å². The molecular weight excluding hydrogens is 240 g/mol. The van der Waals surface area contributed by atoms with Crippen LogP contribution in [0, 0.1) is 6.92 Å². The van der Waals surface area contributed by atoms with Crippen LogP contribution < -0.4 is 5.32 Å². The quantitative estimate of drug-likeness (QED) is 0.481. The minimum atomic E-state index is 0.946. The summed E-state index contributed by atoms with van der Waals surface area (Å²) in [5.74, 6) is 2.03. The third-order valence-corrected chi connectivity index (χ3v) is 3.78. The Bertz CT molecular complexity index is 335. The van der Waals surface area contributed by atoms with E-state index in [1.54, 1.807) is 25.1 Å². The lowest BCUT2D eigenvalue weighted by atomic mass is 10.4. The summed E-state index contributed by atoms with van der Waals surface area (Å²) < 4.78 is 0. The van der Waals surface area contributed by atoms with E-state index < -0.39 is 0 Å².